The van der Waals surface area contributed by atoms with E-state index >= 15 is 0 Å². The van der Waals surface area contributed by atoms with E-state index in [1.54, 1.807) is 0 Å². The molecule has 0 amide bonds. The molecule has 274 valence electrons. The van der Waals surface area contributed by atoms with Crippen molar-refractivity contribution in [1.82, 2.24) is 0 Å². The molecule has 0 aliphatic carbocycles. The van der Waals surface area contributed by atoms with E-state index in [9.17, 15) is 0 Å². The Morgan fingerprint density at radius 1 is 0.224 bits per heavy atom. The first kappa shape index (κ1) is 33.9. The van der Waals surface area contributed by atoms with Crippen molar-refractivity contribution in [2.24, 2.45) is 0 Å². The highest BCUT2D eigenvalue weighted by molar-refractivity contribution is 6.08. The Hall–Kier alpha value is -7.42. The van der Waals surface area contributed by atoms with Crippen LogP contribution >= 0.6 is 0 Å². The maximum atomic E-state index is 2.41. The summed E-state index contributed by atoms with van der Waals surface area (Å²) in [5, 5.41) is 14.9. The summed E-state index contributed by atoms with van der Waals surface area (Å²) in [4.78, 5) is 4.82. The van der Waals surface area contributed by atoms with Gasteiger partial charge in [0.15, 0.2) is 0 Å². The van der Waals surface area contributed by atoms with Crippen LogP contribution in [0, 0.1) is 13.8 Å². The van der Waals surface area contributed by atoms with Gasteiger partial charge in [-0.3, -0.25) is 0 Å². The molecule has 0 aliphatic rings. The third-order valence-corrected chi connectivity index (χ3v) is 12.1. The molecular formula is C56H40N2. The zero-order valence-corrected chi connectivity index (χ0v) is 32.5. The average molecular weight is 741 g/mol. The number of hydrogen-bond donors (Lipinski definition) is 0. The largest absolute Gasteiger partial charge is 0.310 e. The molecule has 0 saturated heterocycles. The van der Waals surface area contributed by atoms with Gasteiger partial charge < -0.3 is 9.80 Å². The molecule has 0 unspecified atom stereocenters. The summed E-state index contributed by atoms with van der Waals surface area (Å²) >= 11 is 0. The van der Waals surface area contributed by atoms with Crippen molar-refractivity contribution in [3.05, 3.63) is 217 Å². The summed E-state index contributed by atoms with van der Waals surface area (Å²) in [5.41, 5.74) is 9.35. The highest BCUT2D eigenvalue weighted by atomic mass is 15.1. The second-order valence-electron chi connectivity index (χ2n) is 15.5. The molecular weight excluding hydrogens is 701 g/mol. The lowest BCUT2D eigenvalue weighted by Crippen LogP contribution is -2.10. The maximum Gasteiger partial charge on any atom is 0.0468 e. The van der Waals surface area contributed by atoms with Gasteiger partial charge in [-0.15, -0.1) is 0 Å². The minimum atomic E-state index is 1.13. The molecule has 0 fully saturated rings. The molecule has 2 heteroatoms. The van der Waals surface area contributed by atoms with Crippen LogP contribution < -0.4 is 9.80 Å². The van der Waals surface area contributed by atoms with Crippen molar-refractivity contribution in [2.75, 3.05) is 9.80 Å². The van der Waals surface area contributed by atoms with Gasteiger partial charge in [0.2, 0.25) is 0 Å². The van der Waals surface area contributed by atoms with Gasteiger partial charge >= 0.3 is 0 Å². The molecule has 2 nitrogen and oxygen atoms in total. The summed E-state index contributed by atoms with van der Waals surface area (Å²) in [7, 11) is 0. The number of hydrogen-bond acceptors (Lipinski definition) is 2. The molecule has 58 heavy (non-hydrogen) atoms. The summed E-state index contributed by atoms with van der Waals surface area (Å²) < 4.78 is 0. The fourth-order valence-electron chi connectivity index (χ4n) is 9.06. The number of aryl methyl sites for hydroxylation is 2. The Balaban J connectivity index is 1.11. The van der Waals surface area contributed by atoms with Crippen molar-refractivity contribution < 1.29 is 0 Å². The minimum Gasteiger partial charge on any atom is -0.310 e. The Labute approximate surface area is 338 Å². The first-order chi connectivity index (χ1) is 28.6. The first-order valence-corrected chi connectivity index (χ1v) is 20.1. The number of anilines is 6. The van der Waals surface area contributed by atoms with Crippen molar-refractivity contribution in [2.45, 2.75) is 13.8 Å². The molecule has 0 saturated carbocycles. The lowest BCUT2D eigenvalue weighted by molar-refractivity contribution is 1.29. The predicted octanol–water partition coefficient (Wildman–Crippen LogP) is 16.2. The topological polar surface area (TPSA) is 6.48 Å². The second kappa shape index (κ2) is 13.7. The van der Waals surface area contributed by atoms with Gasteiger partial charge in [0.25, 0.3) is 0 Å². The Kier molecular flexibility index (Phi) is 7.97. The van der Waals surface area contributed by atoms with Gasteiger partial charge in [0, 0.05) is 34.1 Å². The van der Waals surface area contributed by atoms with Gasteiger partial charge in [-0.2, -0.15) is 0 Å². The lowest BCUT2D eigenvalue weighted by atomic mass is 9.92. The molecule has 11 aromatic carbocycles. The van der Waals surface area contributed by atoms with Crippen LogP contribution in [0.4, 0.5) is 34.1 Å². The third-order valence-electron chi connectivity index (χ3n) is 12.1. The molecule has 0 aromatic heterocycles. The van der Waals surface area contributed by atoms with Crippen LogP contribution in [0.1, 0.15) is 11.1 Å². The second-order valence-corrected chi connectivity index (χ2v) is 15.5. The summed E-state index contributed by atoms with van der Waals surface area (Å²) in [6.07, 6.45) is 0. The van der Waals surface area contributed by atoms with Crippen LogP contribution in [-0.4, -0.2) is 0 Å². The average Bonchev–Trinajstić information content (AvgIpc) is 3.28. The number of rotatable bonds is 6. The van der Waals surface area contributed by atoms with Crippen LogP contribution in [0.2, 0.25) is 0 Å². The number of benzene rings is 11. The van der Waals surface area contributed by atoms with Crippen LogP contribution in [-0.2, 0) is 0 Å². The van der Waals surface area contributed by atoms with Crippen molar-refractivity contribution >= 4 is 98.8 Å². The highest BCUT2D eigenvalue weighted by Crippen LogP contribution is 2.44. The smallest absolute Gasteiger partial charge is 0.0468 e. The van der Waals surface area contributed by atoms with E-state index in [1.807, 2.05) is 0 Å². The Bertz CT molecular complexity index is 3010. The number of nitrogens with zero attached hydrogens (tertiary/aromatic N) is 2. The molecule has 0 spiro atoms. The van der Waals surface area contributed by atoms with E-state index in [2.05, 4.69) is 230 Å². The van der Waals surface area contributed by atoms with E-state index in [4.69, 9.17) is 0 Å². The molecule has 11 rings (SSSR count). The standard InChI is InChI=1S/C56H40N2/c1-37-53-29-27-51(57(47-23-19-39-11-3-7-15-43(39)31-47)48-24-20-40-12-4-8-16-44(40)32-48)35-55(53)38(2)56-36-52(28-30-54(37)56)58(49-25-21-41-13-5-9-17-45(41)33-49)50-26-22-42-14-6-10-18-46(42)34-50/h3-36H,1-2H3. The molecule has 11 aromatic rings. The van der Waals surface area contributed by atoms with E-state index in [1.165, 1.54) is 75.8 Å². The fraction of sp³-hybridized carbons (Fsp3) is 0.0357. The van der Waals surface area contributed by atoms with E-state index in [0.717, 1.165) is 34.1 Å². The van der Waals surface area contributed by atoms with Crippen LogP contribution in [0.3, 0.4) is 0 Å². The molecule has 0 radical (unpaired) electrons. The lowest BCUT2D eigenvalue weighted by Gasteiger charge is -2.28. The quantitative estimate of drug-likeness (QED) is 0.157. The third kappa shape index (κ3) is 5.73. The molecule has 0 bridgehead atoms. The van der Waals surface area contributed by atoms with Crippen molar-refractivity contribution in [1.29, 1.82) is 0 Å². The molecule has 0 atom stereocenters. The van der Waals surface area contributed by atoms with Crippen LogP contribution in [0.5, 0.6) is 0 Å². The summed E-state index contributed by atoms with van der Waals surface area (Å²) in [5.74, 6) is 0. The van der Waals surface area contributed by atoms with Gasteiger partial charge in [-0.1, -0.05) is 133 Å². The van der Waals surface area contributed by atoms with Gasteiger partial charge in [-0.05, 0) is 162 Å². The molecule has 0 heterocycles. The summed E-state index contributed by atoms with van der Waals surface area (Å²) in [6, 6.07) is 75.7. The van der Waals surface area contributed by atoms with Gasteiger partial charge in [0.05, 0.1) is 0 Å². The zero-order valence-electron chi connectivity index (χ0n) is 32.5. The SMILES string of the molecule is Cc1c2ccc(N(c3ccc4ccccc4c3)c3ccc4ccccc4c3)cc2c(C)c2cc(N(c3ccc4ccccc4c3)c3ccc4ccccc4c3)ccc12. The summed E-state index contributed by atoms with van der Waals surface area (Å²) in [6.45, 7) is 4.57. The minimum absolute atomic E-state index is 1.13. The normalized spacial score (nSPS) is 11.6. The monoisotopic (exact) mass is 740 g/mol. The van der Waals surface area contributed by atoms with E-state index in [-0.39, 0.29) is 0 Å². The van der Waals surface area contributed by atoms with Crippen molar-refractivity contribution in [3.8, 4) is 0 Å². The highest BCUT2D eigenvalue weighted by Gasteiger charge is 2.19. The van der Waals surface area contributed by atoms with Gasteiger partial charge in [-0.25, -0.2) is 0 Å². The van der Waals surface area contributed by atoms with Gasteiger partial charge in [0.1, 0.15) is 0 Å². The van der Waals surface area contributed by atoms with Crippen LogP contribution in [0.25, 0.3) is 64.6 Å². The molecule has 0 aliphatic heterocycles. The van der Waals surface area contributed by atoms with E-state index < -0.39 is 0 Å². The Morgan fingerprint density at radius 3 is 0.776 bits per heavy atom. The zero-order chi connectivity index (χ0) is 38.7. The Morgan fingerprint density at radius 2 is 0.466 bits per heavy atom. The maximum absolute atomic E-state index is 2.41. The first-order valence-electron chi connectivity index (χ1n) is 20.1. The van der Waals surface area contributed by atoms with E-state index in [0.29, 0.717) is 0 Å². The van der Waals surface area contributed by atoms with Crippen molar-refractivity contribution in [3.63, 3.8) is 0 Å². The predicted molar refractivity (Wildman–Crippen MR) is 250 cm³/mol. The van der Waals surface area contributed by atoms with Crippen LogP contribution in [0.15, 0.2) is 206 Å². The number of fused-ring (bicyclic) bond motifs is 6. The fourth-order valence-corrected chi connectivity index (χ4v) is 9.06. The molecule has 0 N–H and O–H groups in total.